The summed E-state index contributed by atoms with van der Waals surface area (Å²) < 4.78 is 2.42. The summed E-state index contributed by atoms with van der Waals surface area (Å²) in [5.74, 6) is 0. The van der Waals surface area contributed by atoms with E-state index in [1.807, 2.05) is 0 Å². The molecule has 2 atom stereocenters. The largest absolute Gasteiger partial charge is 0.385 e. The highest BCUT2D eigenvalue weighted by Gasteiger charge is 2.25. The van der Waals surface area contributed by atoms with Crippen LogP contribution in [0.4, 0.5) is 0 Å². The molecule has 0 bridgehead atoms. The first kappa shape index (κ1) is 17.0. The minimum atomic E-state index is -0.299. The van der Waals surface area contributed by atoms with Gasteiger partial charge in [0.05, 0.1) is 13.1 Å². The van der Waals surface area contributed by atoms with Gasteiger partial charge in [0.2, 0.25) is 0 Å². The fourth-order valence-electron chi connectivity index (χ4n) is 5.22. The molecule has 1 aliphatic carbocycles. The van der Waals surface area contributed by atoms with Crippen molar-refractivity contribution in [3.05, 3.63) is 70.9 Å². The van der Waals surface area contributed by atoms with Crippen LogP contribution in [0.3, 0.4) is 0 Å². The van der Waals surface area contributed by atoms with Crippen LogP contribution in [-0.2, 0) is 32.4 Å². The molecule has 0 fully saturated rings. The Kier molecular flexibility index (Phi) is 4.50. The van der Waals surface area contributed by atoms with E-state index in [1.54, 1.807) is 0 Å². The molecule has 2 heterocycles. The van der Waals surface area contributed by atoms with Crippen LogP contribution in [0, 0.1) is 0 Å². The van der Waals surface area contributed by atoms with E-state index in [1.165, 1.54) is 57.4 Å². The van der Waals surface area contributed by atoms with Gasteiger partial charge < -0.3 is 14.6 Å². The van der Waals surface area contributed by atoms with Crippen LogP contribution in [0.25, 0.3) is 10.9 Å². The van der Waals surface area contributed by atoms with Gasteiger partial charge in [-0.2, -0.15) is 0 Å². The summed E-state index contributed by atoms with van der Waals surface area (Å²) in [5, 5.41) is 12.3. The van der Waals surface area contributed by atoms with E-state index in [0.29, 0.717) is 0 Å². The third-order valence-electron chi connectivity index (χ3n) is 6.51. The van der Waals surface area contributed by atoms with Crippen molar-refractivity contribution < 1.29 is 10.0 Å². The zero-order valence-electron chi connectivity index (χ0n) is 16.0. The Balaban J connectivity index is 1.35. The number of nitrogens with one attached hydrogen (secondary N) is 1. The molecule has 3 aromatic rings. The number of aliphatic hydroxyl groups is 1. The molecule has 1 unspecified atom stereocenters. The number of aliphatic hydroxyl groups excluding tert-OH is 1. The lowest BCUT2D eigenvalue weighted by Crippen LogP contribution is -3.12. The third-order valence-corrected chi connectivity index (χ3v) is 6.51. The molecule has 140 valence electrons. The molecule has 5 rings (SSSR count). The second kappa shape index (κ2) is 7.14. The highest BCUT2D eigenvalue weighted by Crippen LogP contribution is 2.32. The molecular weight excluding hydrogens is 332 g/mol. The number of benzene rings is 2. The molecule has 0 radical (unpaired) electrons. The van der Waals surface area contributed by atoms with Crippen molar-refractivity contribution in [2.24, 2.45) is 0 Å². The van der Waals surface area contributed by atoms with Gasteiger partial charge >= 0.3 is 0 Å². The van der Waals surface area contributed by atoms with Crippen molar-refractivity contribution in [2.75, 3.05) is 13.1 Å². The van der Waals surface area contributed by atoms with Crippen molar-refractivity contribution in [1.29, 1.82) is 0 Å². The van der Waals surface area contributed by atoms with Gasteiger partial charge in [0, 0.05) is 28.6 Å². The number of aryl methyl sites for hydroxylation is 1. The first-order valence-corrected chi connectivity index (χ1v) is 10.5. The van der Waals surface area contributed by atoms with E-state index in [9.17, 15) is 5.11 Å². The van der Waals surface area contributed by atoms with E-state index >= 15 is 0 Å². The van der Waals surface area contributed by atoms with Crippen LogP contribution >= 0.6 is 0 Å². The zero-order valence-corrected chi connectivity index (χ0v) is 16.0. The van der Waals surface area contributed by atoms with Gasteiger partial charge in [-0.05, 0) is 42.9 Å². The molecule has 3 nitrogen and oxygen atoms in total. The molecule has 1 aliphatic heterocycles. The molecule has 27 heavy (non-hydrogen) atoms. The van der Waals surface area contributed by atoms with E-state index < -0.39 is 0 Å². The van der Waals surface area contributed by atoms with Gasteiger partial charge in [-0.25, -0.2) is 0 Å². The molecule has 0 amide bonds. The topological polar surface area (TPSA) is 29.6 Å². The number of rotatable bonds is 4. The van der Waals surface area contributed by atoms with Crippen molar-refractivity contribution in [3.8, 4) is 0 Å². The number of para-hydroxylation sites is 1. The maximum Gasteiger partial charge on any atom is 0.121 e. The first-order chi connectivity index (χ1) is 13.3. The Hall–Kier alpha value is -2.10. The van der Waals surface area contributed by atoms with Crippen LogP contribution in [0.5, 0.6) is 0 Å². The average Bonchev–Trinajstić information content (AvgIpc) is 3.02. The Morgan fingerprint density at radius 1 is 0.926 bits per heavy atom. The highest BCUT2D eigenvalue weighted by molar-refractivity contribution is 5.85. The number of nitrogens with zero attached hydrogens (tertiary/aromatic N) is 1. The predicted molar refractivity (Wildman–Crippen MR) is 109 cm³/mol. The summed E-state index contributed by atoms with van der Waals surface area (Å²) in [4.78, 5) is 1.51. The molecule has 2 aliphatic rings. The number of fused-ring (bicyclic) bond motifs is 4. The second-order valence-electron chi connectivity index (χ2n) is 8.31. The fourth-order valence-corrected chi connectivity index (χ4v) is 5.22. The lowest BCUT2D eigenvalue weighted by Gasteiger charge is -2.28. The average molecular weight is 362 g/mol. The van der Waals surface area contributed by atoms with Crippen LogP contribution in [-0.4, -0.2) is 28.9 Å². The Labute approximate surface area is 161 Å². The van der Waals surface area contributed by atoms with Crippen LogP contribution in [0.2, 0.25) is 0 Å². The molecule has 1 aromatic heterocycles. The van der Waals surface area contributed by atoms with Gasteiger partial charge in [-0.15, -0.1) is 0 Å². The number of hydrogen-bond acceptors (Lipinski definition) is 1. The SMILES string of the molecule is O[C@@H](Cn1c2c(c3ccccc31)CCCC2)C[NH+]1CCc2ccccc2C1. The van der Waals surface area contributed by atoms with Crippen molar-refractivity contribution in [2.45, 2.75) is 51.3 Å². The molecule has 0 saturated heterocycles. The minimum absolute atomic E-state index is 0.299. The first-order valence-electron chi connectivity index (χ1n) is 10.5. The van der Waals surface area contributed by atoms with Gasteiger partial charge in [0.1, 0.15) is 19.2 Å². The van der Waals surface area contributed by atoms with Crippen molar-refractivity contribution >= 4 is 10.9 Å². The van der Waals surface area contributed by atoms with E-state index in [-0.39, 0.29) is 6.10 Å². The maximum absolute atomic E-state index is 10.9. The smallest absolute Gasteiger partial charge is 0.121 e. The molecule has 3 heteroatoms. The minimum Gasteiger partial charge on any atom is -0.385 e. The summed E-state index contributed by atoms with van der Waals surface area (Å²) in [5.41, 5.74) is 7.25. The van der Waals surface area contributed by atoms with Crippen molar-refractivity contribution in [3.63, 3.8) is 0 Å². The van der Waals surface area contributed by atoms with Crippen LogP contribution < -0.4 is 4.90 Å². The maximum atomic E-state index is 10.9. The number of aromatic nitrogens is 1. The lowest BCUT2D eigenvalue weighted by atomic mass is 9.95. The quantitative estimate of drug-likeness (QED) is 0.735. The fraction of sp³-hybridized carbons (Fsp3) is 0.417. The molecule has 2 N–H and O–H groups in total. The normalized spacial score (nSPS) is 20.3. The number of quaternary nitrogens is 1. The standard InChI is InChI=1S/C24H28N2O/c27-20(16-25-14-13-18-7-1-2-8-19(18)15-25)17-26-23-11-5-3-9-21(23)22-10-4-6-12-24(22)26/h1-3,5,7-9,11,20,27H,4,6,10,12-17H2/p+1/t20-/m1/s1. The predicted octanol–water partition coefficient (Wildman–Crippen LogP) is 2.52. The van der Waals surface area contributed by atoms with Crippen LogP contribution in [0.1, 0.15) is 35.2 Å². The Morgan fingerprint density at radius 2 is 1.70 bits per heavy atom. The summed E-state index contributed by atoms with van der Waals surface area (Å²) in [6.07, 6.45) is 5.73. The summed E-state index contributed by atoms with van der Waals surface area (Å²) in [7, 11) is 0. The third kappa shape index (κ3) is 3.19. The van der Waals surface area contributed by atoms with Gasteiger partial charge in [-0.1, -0.05) is 42.5 Å². The van der Waals surface area contributed by atoms with E-state index in [4.69, 9.17) is 0 Å². The Morgan fingerprint density at radius 3 is 2.63 bits per heavy atom. The summed E-state index contributed by atoms with van der Waals surface area (Å²) >= 11 is 0. The second-order valence-corrected chi connectivity index (χ2v) is 8.31. The summed E-state index contributed by atoms with van der Waals surface area (Å²) in [6.45, 7) is 3.72. The summed E-state index contributed by atoms with van der Waals surface area (Å²) in [6, 6.07) is 17.5. The monoisotopic (exact) mass is 361 g/mol. The molecule has 0 saturated carbocycles. The Bertz CT molecular complexity index is 958. The molecule has 0 spiro atoms. The molecular formula is C24H29N2O+. The van der Waals surface area contributed by atoms with Crippen molar-refractivity contribution in [1.82, 2.24) is 4.57 Å². The van der Waals surface area contributed by atoms with Crippen LogP contribution in [0.15, 0.2) is 48.5 Å². The molecule has 2 aromatic carbocycles. The highest BCUT2D eigenvalue weighted by atomic mass is 16.3. The van der Waals surface area contributed by atoms with E-state index in [0.717, 1.165) is 39.0 Å². The lowest BCUT2D eigenvalue weighted by molar-refractivity contribution is -0.919. The van der Waals surface area contributed by atoms with Gasteiger partial charge in [-0.3, -0.25) is 0 Å². The van der Waals surface area contributed by atoms with Gasteiger partial charge in [0.25, 0.3) is 0 Å². The number of hydrogen-bond donors (Lipinski definition) is 2. The zero-order chi connectivity index (χ0) is 18.2. The van der Waals surface area contributed by atoms with Gasteiger partial charge in [0.15, 0.2) is 0 Å². The van der Waals surface area contributed by atoms with E-state index in [2.05, 4.69) is 53.1 Å².